The van der Waals surface area contributed by atoms with E-state index in [4.69, 9.17) is 0 Å². The number of halogens is 1. The minimum absolute atomic E-state index is 0.203. The van der Waals surface area contributed by atoms with E-state index in [-0.39, 0.29) is 18.5 Å². The van der Waals surface area contributed by atoms with Crippen LogP contribution in [0.4, 0.5) is 9.18 Å². The van der Waals surface area contributed by atoms with Gasteiger partial charge in [0.05, 0.1) is 18.7 Å². The van der Waals surface area contributed by atoms with Gasteiger partial charge in [0, 0.05) is 0 Å². The highest BCUT2D eigenvalue weighted by atomic mass is 19.1. The zero-order chi connectivity index (χ0) is 16.8. The molecule has 0 radical (unpaired) electrons. The molecule has 0 fully saturated rings. The van der Waals surface area contributed by atoms with Gasteiger partial charge in [-0.2, -0.15) is 0 Å². The van der Waals surface area contributed by atoms with Gasteiger partial charge in [0.15, 0.2) is 0 Å². The predicted octanol–water partition coefficient (Wildman–Crippen LogP) is 3.23. The number of urea groups is 1. The lowest BCUT2D eigenvalue weighted by atomic mass is 10.1. The van der Waals surface area contributed by atoms with Gasteiger partial charge in [0.25, 0.3) is 0 Å². The third-order valence-corrected chi connectivity index (χ3v) is 3.73. The highest BCUT2D eigenvalue weighted by Gasteiger charge is 2.16. The maximum Gasteiger partial charge on any atom is 0.315 e. The van der Waals surface area contributed by atoms with Crippen LogP contribution in [0.5, 0.6) is 0 Å². The number of aliphatic hydroxyl groups is 1. The quantitative estimate of drug-likeness (QED) is 0.793. The van der Waals surface area contributed by atoms with Gasteiger partial charge >= 0.3 is 6.03 Å². The van der Waals surface area contributed by atoms with E-state index >= 15 is 0 Å². The van der Waals surface area contributed by atoms with Gasteiger partial charge in [0.1, 0.15) is 5.82 Å². The van der Waals surface area contributed by atoms with Gasteiger partial charge in [-0.25, -0.2) is 9.18 Å². The van der Waals surface area contributed by atoms with E-state index in [0.717, 1.165) is 5.56 Å². The molecule has 2 aromatic carbocycles. The molecule has 0 aliphatic carbocycles. The number of carbonyl (C=O) groups excluding carboxylic acids is 1. The van der Waals surface area contributed by atoms with Gasteiger partial charge in [0.2, 0.25) is 0 Å². The Morgan fingerprint density at radius 2 is 1.83 bits per heavy atom. The summed E-state index contributed by atoms with van der Waals surface area (Å²) in [6.07, 6.45) is 0. The van der Waals surface area contributed by atoms with Crippen LogP contribution in [0, 0.1) is 12.7 Å². The van der Waals surface area contributed by atoms with E-state index in [0.29, 0.717) is 11.1 Å². The Balaban J connectivity index is 1.99. The number of rotatable bonds is 5. The summed E-state index contributed by atoms with van der Waals surface area (Å²) in [4.78, 5) is 12.1. The van der Waals surface area contributed by atoms with Crippen molar-refractivity contribution < 1.29 is 14.3 Å². The number of amides is 2. The van der Waals surface area contributed by atoms with Gasteiger partial charge in [-0.1, -0.05) is 42.5 Å². The third kappa shape index (κ3) is 4.53. The van der Waals surface area contributed by atoms with E-state index in [9.17, 15) is 14.3 Å². The molecule has 0 aliphatic rings. The summed E-state index contributed by atoms with van der Waals surface area (Å²) in [5.41, 5.74) is 2.07. The second-order valence-electron chi connectivity index (χ2n) is 5.49. The first-order valence-electron chi connectivity index (χ1n) is 7.50. The molecule has 4 nitrogen and oxygen atoms in total. The first kappa shape index (κ1) is 17.0. The molecule has 0 bridgehead atoms. The molecule has 3 N–H and O–H groups in total. The summed E-state index contributed by atoms with van der Waals surface area (Å²) in [6.45, 7) is 3.26. The van der Waals surface area contributed by atoms with Crippen molar-refractivity contribution in [1.82, 2.24) is 10.6 Å². The Morgan fingerprint density at radius 3 is 2.43 bits per heavy atom. The molecule has 2 rings (SSSR count). The summed E-state index contributed by atoms with van der Waals surface area (Å²) in [7, 11) is 0. The smallest absolute Gasteiger partial charge is 0.315 e. The molecule has 2 amide bonds. The molecular weight excluding hydrogens is 295 g/mol. The zero-order valence-corrected chi connectivity index (χ0v) is 13.2. The Hall–Kier alpha value is -2.40. The zero-order valence-electron chi connectivity index (χ0n) is 13.2. The van der Waals surface area contributed by atoms with Crippen molar-refractivity contribution >= 4 is 6.03 Å². The maximum atomic E-state index is 13.6. The monoisotopic (exact) mass is 316 g/mol. The summed E-state index contributed by atoms with van der Waals surface area (Å²) < 4.78 is 13.6. The number of hydrogen-bond acceptors (Lipinski definition) is 2. The van der Waals surface area contributed by atoms with Crippen LogP contribution in [-0.2, 0) is 0 Å². The van der Waals surface area contributed by atoms with Crippen LogP contribution in [0.2, 0.25) is 0 Å². The summed E-state index contributed by atoms with van der Waals surface area (Å²) in [5, 5.41) is 14.9. The van der Waals surface area contributed by atoms with Crippen LogP contribution < -0.4 is 10.6 Å². The molecule has 23 heavy (non-hydrogen) atoms. The summed E-state index contributed by atoms with van der Waals surface area (Å²) >= 11 is 0. The van der Waals surface area contributed by atoms with Crippen molar-refractivity contribution in [3.63, 3.8) is 0 Å². The third-order valence-electron chi connectivity index (χ3n) is 3.73. The average Bonchev–Trinajstić information content (AvgIpc) is 2.55. The molecule has 0 saturated carbocycles. The van der Waals surface area contributed by atoms with E-state index in [1.54, 1.807) is 26.0 Å². The number of benzene rings is 2. The van der Waals surface area contributed by atoms with Crippen LogP contribution in [0.3, 0.4) is 0 Å². The topological polar surface area (TPSA) is 61.4 Å². The van der Waals surface area contributed by atoms with Crippen LogP contribution in [0.1, 0.15) is 35.7 Å². The molecule has 2 aromatic rings. The van der Waals surface area contributed by atoms with Gasteiger partial charge in [-0.05, 0) is 36.6 Å². The molecule has 2 atom stereocenters. The van der Waals surface area contributed by atoms with E-state index in [1.807, 2.05) is 30.3 Å². The molecule has 0 spiro atoms. The highest BCUT2D eigenvalue weighted by Crippen LogP contribution is 2.17. The molecule has 0 aliphatic heterocycles. The second-order valence-corrected chi connectivity index (χ2v) is 5.49. The normalized spacial score (nSPS) is 13.2. The molecule has 0 heterocycles. The predicted molar refractivity (Wildman–Crippen MR) is 87.5 cm³/mol. The lowest BCUT2D eigenvalue weighted by Gasteiger charge is -2.20. The molecular formula is C18H21FN2O2. The highest BCUT2D eigenvalue weighted by molar-refractivity contribution is 5.75. The first-order valence-corrected chi connectivity index (χ1v) is 7.50. The Bertz CT molecular complexity index is 661. The number of aryl methyl sites for hydroxylation is 1. The second kappa shape index (κ2) is 7.74. The standard InChI is InChI=1S/C18H21FN2O2/c1-12-8-9-15(10-16(12)19)13(2)20-18(23)21-17(11-22)14-6-4-3-5-7-14/h3-10,13,17,22H,11H2,1-2H3,(H2,20,21,23). The number of nitrogens with one attached hydrogen (secondary N) is 2. The van der Waals surface area contributed by atoms with Crippen LogP contribution in [-0.4, -0.2) is 17.7 Å². The van der Waals surface area contributed by atoms with E-state index in [2.05, 4.69) is 10.6 Å². The van der Waals surface area contributed by atoms with Gasteiger partial charge < -0.3 is 15.7 Å². The maximum absolute atomic E-state index is 13.6. The molecule has 2 unspecified atom stereocenters. The fourth-order valence-electron chi connectivity index (χ4n) is 2.28. The first-order chi connectivity index (χ1) is 11.0. The summed E-state index contributed by atoms with van der Waals surface area (Å²) in [6, 6.07) is 12.8. The molecule has 0 saturated heterocycles. The molecule has 0 aromatic heterocycles. The Morgan fingerprint density at radius 1 is 1.13 bits per heavy atom. The fraction of sp³-hybridized carbons (Fsp3) is 0.278. The van der Waals surface area contributed by atoms with Gasteiger partial charge in [-0.3, -0.25) is 0 Å². The largest absolute Gasteiger partial charge is 0.394 e. The minimum Gasteiger partial charge on any atom is -0.394 e. The fourth-order valence-corrected chi connectivity index (χ4v) is 2.28. The lowest BCUT2D eigenvalue weighted by Crippen LogP contribution is -2.40. The molecule has 122 valence electrons. The number of carbonyl (C=O) groups is 1. The van der Waals surface area contributed by atoms with Crippen LogP contribution in [0.15, 0.2) is 48.5 Å². The Labute approximate surface area is 135 Å². The van der Waals surface area contributed by atoms with E-state index < -0.39 is 12.1 Å². The summed E-state index contributed by atoms with van der Waals surface area (Å²) in [5.74, 6) is -0.297. The van der Waals surface area contributed by atoms with Crippen molar-refractivity contribution in [3.8, 4) is 0 Å². The van der Waals surface area contributed by atoms with Crippen LogP contribution >= 0.6 is 0 Å². The minimum atomic E-state index is -0.488. The van der Waals surface area contributed by atoms with E-state index in [1.165, 1.54) is 6.07 Å². The van der Waals surface area contributed by atoms with Crippen molar-refractivity contribution in [2.75, 3.05) is 6.61 Å². The number of aliphatic hydroxyl groups excluding tert-OH is 1. The van der Waals surface area contributed by atoms with Crippen molar-refractivity contribution in [2.24, 2.45) is 0 Å². The van der Waals surface area contributed by atoms with Gasteiger partial charge in [-0.15, -0.1) is 0 Å². The SMILES string of the molecule is Cc1ccc(C(C)NC(=O)NC(CO)c2ccccc2)cc1F. The average molecular weight is 316 g/mol. The lowest BCUT2D eigenvalue weighted by molar-refractivity contribution is 0.214. The van der Waals surface area contributed by atoms with Crippen molar-refractivity contribution in [1.29, 1.82) is 0 Å². The van der Waals surface area contributed by atoms with Crippen molar-refractivity contribution in [3.05, 3.63) is 71.0 Å². The Kier molecular flexibility index (Phi) is 5.71. The van der Waals surface area contributed by atoms with Crippen molar-refractivity contribution in [2.45, 2.75) is 25.9 Å². The molecule has 5 heteroatoms. The van der Waals surface area contributed by atoms with Crippen LogP contribution in [0.25, 0.3) is 0 Å². The number of hydrogen-bond donors (Lipinski definition) is 3.